The first kappa shape index (κ1) is 57.0. The number of aliphatic carboxylic acids is 5. The van der Waals surface area contributed by atoms with Crippen molar-refractivity contribution in [2.45, 2.75) is 87.6 Å². The molecule has 6 atom stereocenters. The standard InChI is InChI=1S/C37H52N10O20/c48-16-22(47-37(67)23(17-49)46-33(63)18(4-7-27(52)53)42-26(51)15-41-25(50)14-40-24-3-1-2-11-38-24)36(66)44-19(5-8-28(54)55)34(64)43-20(6-9-29(56)57)35(65)45-21(13-31(60)61)32(62)39-12-10-30(58)59/h1-3,11,18-23,48-49H,4-10,12-17H2,(H,38,40)(H,39,62)(H,41,50)(H,42,51)(H,43,64)(H,44,66)(H,45,65)(H,46,63)(H,47,67)(H,52,53)(H,54,55)(H,56,57)(H,58,59)(H,60,61)/t18-,19-,20-,21-,22-,23-/m0/s1. The fourth-order valence-electron chi connectivity index (χ4n) is 5.28. The van der Waals surface area contributed by atoms with E-state index in [1.54, 1.807) is 18.2 Å². The van der Waals surface area contributed by atoms with Crippen molar-refractivity contribution in [3.8, 4) is 0 Å². The maximum atomic E-state index is 13.5. The topological polar surface area (TPSA) is 485 Å². The van der Waals surface area contributed by atoms with Gasteiger partial charge in [0.25, 0.3) is 0 Å². The largest absolute Gasteiger partial charge is 0.481 e. The van der Waals surface area contributed by atoms with Gasteiger partial charge >= 0.3 is 29.8 Å². The zero-order valence-corrected chi connectivity index (χ0v) is 35.4. The van der Waals surface area contributed by atoms with Gasteiger partial charge in [0.2, 0.25) is 47.3 Å². The molecule has 0 radical (unpaired) electrons. The van der Waals surface area contributed by atoms with E-state index in [9.17, 15) is 87.9 Å². The molecule has 0 fully saturated rings. The molecular formula is C37H52N10O20. The van der Waals surface area contributed by atoms with E-state index >= 15 is 0 Å². The van der Waals surface area contributed by atoms with Crippen LogP contribution in [0.3, 0.4) is 0 Å². The van der Waals surface area contributed by atoms with Gasteiger partial charge in [-0.3, -0.25) is 62.3 Å². The van der Waals surface area contributed by atoms with Gasteiger partial charge in [-0.2, -0.15) is 0 Å². The number of carboxylic acid groups (broad SMARTS) is 5. The number of hydrogen-bond acceptors (Lipinski definition) is 17. The van der Waals surface area contributed by atoms with Crippen LogP contribution in [0.5, 0.6) is 0 Å². The zero-order chi connectivity index (χ0) is 50.6. The molecule has 1 aromatic heterocycles. The Bertz CT molecular complexity index is 1950. The van der Waals surface area contributed by atoms with Crippen LogP contribution in [0.4, 0.5) is 5.82 Å². The van der Waals surface area contributed by atoms with Crippen LogP contribution in [0.25, 0.3) is 0 Å². The summed E-state index contributed by atoms with van der Waals surface area (Å²) >= 11 is 0. The molecule has 0 aliphatic heterocycles. The van der Waals surface area contributed by atoms with E-state index in [0.29, 0.717) is 5.82 Å². The van der Waals surface area contributed by atoms with Crippen molar-refractivity contribution < 1.29 is 98.1 Å². The van der Waals surface area contributed by atoms with Gasteiger partial charge in [-0.05, 0) is 31.4 Å². The molecule has 1 heterocycles. The average molecular weight is 957 g/mol. The molecule has 67 heavy (non-hydrogen) atoms. The van der Waals surface area contributed by atoms with E-state index in [4.69, 9.17) is 10.2 Å². The maximum Gasteiger partial charge on any atom is 0.305 e. The molecule has 0 saturated carbocycles. The van der Waals surface area contributed by atoms with E-state index < -0.39 is 191 Å². The summed E-state index contributed by atoms with van der Waals surface area (Å²) in [6.07, 6.45) is -4.58. The summed E-state index contributed by atoms with van der Waals surface area (Å²) in [4.78, 5) is 164. The Morgan fingerprint density at radius 2 is 0.866 bits per heavy atom. The summed E-state index contributed by atoms with van der Waals surface area (Å²) in [6.45, 7) is -3.93. The lowest BCUT2D eigenvalue weighted by Crippen LogP contribution is -2.61. The van der Waals surface area contributed by atoms with Gasteiger partial charge in [-0.1, -0.05) is 6.07 Å². The number of hydrogen-bond donors (Lipinski definition) is 16. The van der Waals surface area contributed by atoms with Crippen LogP contribution in [0.1, 0.15) is 51.4 Å². The van der Waals surface area contributed by atoms with Crippen molar-refractivity contribution in [2.75, 3.05) is 38.2 Å². The summed E-state index contributed by atoms with van der Waals surface area (Å²) in [5, 5.41) is 85.0. The van der Waals surface area contributed by atoms with Gasteiger partial charge in [0.1, 0.15) is 42.1 Å². The van der Waals surface area contributed by atoms with Crippen LogP contribution < -0.4 is 47.9 Å². The van der Waals surface area contributed by atoms with Crippen molar-refractivity contribution in [1.82, 2.24) is 47.5 Å². The number of nitrogens with one attached hydrogen (secondary N) is 9. The Morgan fingerprint density at radius 1 is 0.448 bits per heavy atom. The normalized spacial score (nSPS) is 13.2. The number of pyridine rings is 1. The van der Waals surface area contributed by atoms with Gasteiger partial charge in [0.05, 0.1) is 39.1 Å². The minimum absolute atomic E-state index is 0.307. The predicted molar refractivity (Wildman–Crippen MR) is 220 cm³/mol. The van der Waals surface area contributed by atoms with Gasteiger partial charge in [-0.25, -0.2) is 4.98 Å². The van der Waals surface area contributed by atoms with Gasteiger partial charge in [-0.15, -0.1) is 0 Å². The lowest BCUT2D eigenvalue weighted by atomic mass is 10.1. The Hall–Kier alpha value is -8.02. The zero-order valence-electron chi connectivity index (χ0n) is 35.4. The molecular weight excluding hydrogens is 904 g/mol. The Balaban J connectivity index is 3.14. The first-order chi connectivity index (χ1) is 31.6. The third-order valence-corrected chi connectivity index (χ3v) is 8.68. The number of aromatic nitrogens is 1. The molecule has 0 aromatic carbocycles. The number of nitrogens with zero attached hydrogens (tertiary/aromatic N) is 1. The first-order valence-electron chi connectivity index (χ1n) is 19.9. The number of rotatable bonds is 33. The van der Waals surface area contributed by atoms with E-state index in [1.165, 1.54) is 6.20 Å². The number of aliphatic hydroxyl groups excluding tert-OH is 2. The smallest absolute Gasteiger partial charge is 0.305 e. The average Bonchev–Trinajstić information content (AvgIpc) is 3.26. The van der Waals surface area contributed by atoms with Crippen LogP contribution >= 0.6 is 0 Å². The molecule has 16 N–H and O–H groups in total. The molecule has 370 valence electrons. The van der Waals surface area contributed by atoms with Crippen LogP contribution in [-0.2, 0) is 62.3 Å². The fourth-order valence-corrected chi connectivity index (χ4v) is 5.28. The Kier molecular flexibility index (Phi) is 25.7. The minimum atomic E-state index is -2.03. The quantitative estimate of drug-likeness (QED) is 0.0311. The number of carboxylic acids is 5. The molecule has 0 aliphatic carbocycles. The van der Waals surface area contributed by atoms with Crippen LogP contribution in [0.15, 0.2) is 24.4 Å². The number of carbonyl (C=O) groups excluding carboxylic acids is 8. The second-order valence-corrected chi connectivity index (χ2v) is 14.0. The molecule has 0 bridgehead atoms. The lowest BCUT2D eigenvalue weighted by molar-refractivity contribution is -0.142. The van der Waals surface area contributed by atoms with Crippen molar-refractivity contribution >= 4 is 82.9 Å². The second-order valence-electron chi connectivity index (χ2n) is 14.0. The molecule has 1 aromatic rings. The van der Waals surface area contributed by atoms with Crippen molar-refractivity contribution in [3.63, 3.8) is 0 Å². The summed E-state index contributed by atoms with van der Waals surface area (Å²) in [5.41, 5.74) is 0. The van der Waals surface area contributed by atoms with Crippen molar-refractivity contribution in [1.29, 1.82) is 0 Å². The maximum absolute atomic E-state index is 13.5. The third-order valence-electron chi connectivity index (χ3n) is 8.68. The second kappa shape index (κ2) is 30.2. The molecule has 8 amide bonds. The number of aliphatic hydroxyl groups is 2. The van der Waals surface area contributed by atoms with E-state index in [-0.39, 0.29) is 6.54 Å². The highest BCUT2D eigenvalue weighted by molar-refractivity contribution is 5.98. The monoisotopic (exact) mass is 956 g/mol. The minimum Gasteiger partial charge on any atom is -0.481 e. The highest BCUT2D eigenvalue weighted by Gasteiger charge is 2.34. The predicted octanol–water partition coefficient (Wildman–Crippen LogP) is -6.84. The van der Waals surface area contributed by atoms with Crippen LogP contribution in [-0.4, -0.2) is 187 Å². The first-order valence-corrected chi connectivity index (χ1v) is 19.9. The highest BCUT2D eigenvalue weighted by atomic mass is 16.4. The lowest BCUT2D eigenvalue weighted by Gasteiger charge is -2.26. The number of anilines is 1. The molecule has 0 aliphatic rings. The van der Waals surface area contributed by atoms with Crippen LogP contribution in [0.2, 0.25) is 0 Å². The van der Waals surface area contributed by atoms with Gasteiger partial charge < -0.3 is 83.6 Å². The van der Waals surface area contributed by atoms with E-state index in [2.05, 4.69) is 31.6 Å². The Morgan fingerprint density at radius 3 is 1.27 bits per heavy atom. The molecule has 0 spiro atoms. The van der Waals surface area contributed by atoms with Crippen LogP contribution in [0, 0.1) is 0 Å². The van der Waals surface area contributed by atoms with E-state index in [1.807, 2.05) is 21.3 Å². The summed E-state index contributed by atoms with van der Waals surface area (Å²) in [6, 6.07) is -6.53. The van der Waals surface area contributed by atoms with E-state index in [0.717, 1.165) is 0 Å². The number of amides is 8. The molecule has 30 nitrogen and oxygen atoms in total. The van der Waals surface area contributed by atoms with Gasteiger partial charge in [0, 0.05) is 32.0 Å². The summed E-state index contributed by atoms with van der Waals surface area (Å²) < 4.78 is 0. The number of carbonyl (C=O) groups is 13. The summed E-state index contributed by atoms with van der Waals surface area (Å²) in [5.74, 6) is -16.5. The Labute approximate surface area is 378 Å². The molecule has 1 rings (SSSR count). The molecule has 30 heteroatoms. The van der Waals surface area contributed by atoms with Crippen molar-refractivity contribution in [2.24, 2.45) is 0 Å². The van der Waals surface area contributed by atoms with Gasteiger partial charge in [0.15, 0.2) is 0 Å². The fraction of sp³-hybridized carbons (Fsp3) is 0.514. The SMILES string of the molecule is O=C(O)CCNC(=O)[C@H](CC(=O)O)NC(=O)[C@H](CCC(=O)O)NC(=O)[C@H](CCC(=O)O)NC(=O)[C@H](CO)NC(=O)[C@H](CO)NC(=O)[C@H](CCC(=O)O)NC(=O)CNC(=O)CNc1ccccn1. The third kappa shape index (κ3) is 24.0. The highest BCUT2D eigenvalue weighted by Crippen LogP contribution is 2.07. The molecule has 0 unspecified atom stereocenters. The molecule has 0 saturated heterocycles. The summed E-state index contributed by atoms with van der Waals surface area (Å²) in [7, 11) is 0. The van der Waals surface area contributed by atoms with Crippen molar-refractivity contribution in [3.05, 3.63) is 24.4 Å².